The van der Waals surface area contributed by atoms with Gasteiger partial charge in [-0.05, 0) is 49.6 Å². The second-order valence-electron chi connectivity index (χ2n) is 4.42. The Hall–Kier alpha value is -2.09. The monoisotopic (exact) mass is 238 g/mol. The molecule has 2 aromatic rings. The number of hydrogen-bond donors (Lipinski definition) is 1. The summed E-state index contributed by atoms with van der Waals surface area (Å²) < 4.78 is 0. The predicted octanol–water partition coefficient (Wildman–Crippen LogP) is 3.74. The maximum absolute atomic E-state index is 12.1. The molecule has 1 amide bonds. The van der Waals surface area contributed by atoms with Gasteiger partial charge in [-0.15, -0.1) is 0 Å². The lowest BCUT2D eigenvalue weighted by Crippen LogP contribution is -2.13. The van der Waals surface area contributed by atoms with Gasteiger partial charge in [0.2, 0.25) is 0 Å². The number of hydrogen-bond acceptors (Lipinski definition) is 1. The molecule has 0 atom stereocenters. The third-order valence-electron chi connectivity index (χ3n) is 2.94. The van der Waals surface area contributed by atoms with Gasteiger partial charge in [0.15, 0.2) is 0 Å². The molecule has 0 saturated heterocycles. The molecule has 2 nitrogen and oxygen atoms in total. The van der Waals surface area contributed by atoms with Gasteiger partial charge in [-0.1, -0.05) is 30.3 Å². The minimum atomic E-state index is -0.0904. The van der Waals surface area contributed by atoms with Crippen LogP contribution in [0.15, 0.2) is 42.5 Å². The Balaban J connectivity index is 2.24. The van der Waals surface area contributed by atoms with Gasteiger partial charge < -0.3 is 5.32 Å². The molecule has 0 saturated carbocycles. The molecule has 0 unspecified atom stereocenters. The Kier molecular flexibility index (Phi) is 3.47. The van der Waals surface area contributed by atoms with Gasteiger partial charge in [-0.2, -0.15) is 0 Å². The minimum Gasteiger partial charge on any atom is -0.322 e. The van der Waals surface area contributed by atoms with Gasteiger partial charge in [0.25, 0.3) is 5.91 Å². The highest BCUT2D eigenvalue weighted by Gasteiger charge is 2.08. The van der Waals surface area contributed by atoms with E-state index in [0.29, 0.717) is 5.56 Å². The Morgan fingerprint density at radius 1 is 1.00 bits per heavy atom. The van der Waals surface area contributed by atoms with E-state index in [-0.39, 0.29) is 5.91 Å². The summed E-state index contributed by atoms with van der Waals surface area (Å²) in [5.41, 5.74) is 4.57. The van der Waals surface area contributed by atoms with Crippen LogP contribution in [0.25, 0.3) is 0 Å². The van der Waals surface area contributed by atoms with E-state index in [1.807, 2.05) is 44.2 Å². The van der Waals surface area contributed by atoms with E-state index in [2.05, 4.69) is 12.2 Å². The number of aryl methyl sites for hydroxylation is 2. The van der Waals surface area contributed by atoms with Crippen LogP contribution >= 0.6 is 0 Å². The van der Waals surface area contributed by atoms with Crippen molar-refractivity contribution in [2.75, 3.05) is 5.32 Å². The molecule has 0 aromatic heterocycles. The Morgan fingerprint density at radius 2 is 1.56 bits per heavy atom. The number of para-hydroxylation sites is 1. The van der Waals surface area contributed by atoms with Crippen molar-refractivity contribution in [1.29, 1.82) is 0 Å². The van der Waals surface area contributed by atoms with E-state index in [0.717, 1.165) is 22.4 Å². The first-order chi connectivity index (χ1) is 8.58. The van der Waals surface area contributed by atoms with Crippen LogP contribution < -0.4 is 5.32 Å². The Morgan fingerprint density at radius 3 is 2.11 bits per heavy atom. The predicted molar refractivity (Wildman–Crippen MR) is 74.8 cm³/mol. The van der Waals surface area contributed by atoms with Crippen molar-refractivity contribution in [2.24, 2.45) is 0 Å². The molecular formula is C16H16NO. The van der Waals surface area contributed by atoms with E-state index < -0.39 is 0 Å². The molecule has 18 heavy (non-hydrogen) atoms. The van der Waals surface area contributed by atoms with Crippen LogP contribution in [0.1, 0.15) is 27.0 Å². The fourth-order valence-electron chi connectivity index (χ4n) is 1.85. The van der Waals surface area contributed by atoms with E-state index in [1.165, 1.54) is 0 Å². The molecule has 2 heteroatoms. The summed E-state index contributed by atoms with van der Waals surface area (Å²) in [5.74, 6) is -0.0904. The fourth-order valence-corrected chi connectivity index (χ4v) is 1.85. The standard InChI is InChI=1S/C16H16NO/c1-11-7-9-14(10-8-11)16(18)17-15-12(2)5-4-6-13(15)3/h4-10H,1H2,2-3H3,(H,17,18). The summed E-state index contributed by atoms with van der Waals surface area (Å²) in [6.45, 7) is 7.78. The summed E-state index contributed by atoms with van der Waals surface area (Å²) >= 11 is 0. The number of amides is 1. The SMILES string of the molecule is [CH2]c1ccc(C(=O)Nc2c(C)cccc2C)cc1. The van der Waals surface area contributed by atoms with Crippen molar-refractivity contribution in [2.45, 2.75) is 13.8 Å². The molecule has 0 aliphatic rings. The minimum absolute atomic E-state index is 0.0904. The van der Waals surface area contributed by atoms with Crippen LogP contribution in [0.5, 0.6) is 0 Å². The molecule has 91 valence electrons. The number of carbonyl (C=O) groups is 1. The molecule has 0 fully saturated rings. The topological polar surface area (TPSA) is 29.1 Å². The lowest BCUT2D eigenvalue weighted by atomic mass is 10.1. The lowest BCUT2D eigenvalue weighted by molar-refractivity contribution is 0.102. The summed E-state index contributed by atoms with van der Waals surface area (Å²) in [5, 5.41) is 2.95. The van der Waals surface area contributed by atoms with Crippen LogP contribution in [0.2, 0.25) is 0 Å². The third-order valence-corrected chi connectivity index (χ3v) is 2.94. The van der Waals surface area contributed by atoms with Gasteiger partial charge in [0, 0.05) is 11.3 Å². The zero-order valence-corrected chi connectivity index (χ0v) is 10.7. The first-order valence-corrected chi connectivity index (χ1v) is 5.87. The van der Waals surface area contributed by atoms with Crippen LogP contribution in [-0.2, 0) is 0 Å². The van der Waals surface area contributed by atoms with E-state index in [1.54, 1.807) is 12.1 Å². The molecule has 1 radical (unpaired) electrons. The van der Waals surface area contributed by atoms with E-state index >= 15 is 0 Å². The van der Waals surface area contributed by atoms with Crippen molar-refractivity contribution in [3.8, 4) is 0 Å². The number of anilines is 1. The van der Waals surface area contributed by atoms with Crippen LogP contribution in [0, 0.1) is 20.8 Å². The average molecular weight is 238 g/mol. The van der Waals surface area contributed by atoms with Gasteiger partial charge in [-0.25, -0.2) is 0 Å². The first kappa shape index (κ1) is 12.4. The zero-order valence-electron chi connectivity index (χ0n) is 10.7. The lowest BCUT2D eigenvalue weighted by Gasteiger charge is -2.11. The molecule has 0 aliphatic carbocycles. The average Bonchev–Trinajstić information content (AvgIpc) is 2.34. The summed E-state index contributed by atoms with van der Waals surface area (Å²) in [4.78, 5) is 12.1. The molecule has 0 heterocycles. The largest absolute Gasteiger partial charge is 0.322 e. The smallest absolute Gasteiger partial charge is 0.255 e. The molecule has 2 rings (SSSR count). The maximum Gasteiger partial charge on any atom is 0.255 e. The first-order valence-electron chi connectivity index (χ1n) is 5.87. The van der Waals surface area contributed by atoms with Crippen molar-refractivity contribution in [3.63, 3.8) is 0 Å². The van der Waals surface area contributed by atoms with E-state index in [9.17, 15) is 4.79 Å². The molecule has 0 spiro atoms. The van der Waals surface area contributed by atoms with Crippen molar-refractivity contribution < 1.29 is 4.79 Å². The van der Waals surface area contributed by atoms with Crippen molar-refractivity contribution >= 4 is 11.6 Å². The van der Waals surface area contributed by atoms with E-state index in [4.69, 9.17) is 0 Å². The zero-order chi connectivity index (χ0) is 13.1. The molecular weight excluding hydrogens is 222 g/mol. The van der Waals surface area contributed by atoms with Crippen LogP contribution in [0.3, 0.4) is 0 Å². The normalized spacial score (nSPS) is 10.2. The highest BCUT2D eigenvalue weighted by molar-refractivity contribution is 6.05. The fraction of sp³-hybridized carbons (Fsp3) is 0.125. The molecule has 1 N–H and O–H groups in total. The van der Waals surface area contributed by atoms with Crippen molar-refractivity contribution in [3.05, 3.63) is 71.6 Å². The summed E-state index contributed by atoms with van der Waals surface area (Å²) in [6, 6.07) is 13.2. The van der Waals surface area contributed by atoms with Crippen LogP contribution in [0.4, 0.5) is 5.69 Å². The quantitative estimate of drug-likeness (QED) is 0.848. The molecule has 2 aromatic carbocycles. The van der Waals surface area contributed by atoms with Gasteiger partial charge in [-0.3, -0.25) is 4.79 Å². The summed E-state index contributed by atoms with van der Waals surface area (Å²) in [7, 11) is 0. The van der Waals surface area contributed by atoms with Crippen LogP contribution in [-0.4, -0.2) is 5.91 Å². The highest BCUT2D eigenvalue weighted by atomic mass is 16.1. The maximum atomic E-state index is 12.1. The number of rotatable bonds is 2. The molecule has 0 aliphatic heterocycles. The van der Waals surface area contributed by atoms with Gasteiger partial charge in [0.05, 0.1) is 0 Å². The second kappa shape index (κ2) is 5.05. The Labute approximate surface area is 108 Å². The van der Waals surface area contributed by atoms with Crippen molar-refractivity contribution in [1.82, 2.24) is 0 Å². The van der Waals surface area contributed by atoms with Gasteiger partial charge in [0.1, 0.15) is 0 Å². The Bertz CT molecular complexity index is 550. The third kappa shape index (κ3) is 2.59. The number of nitrogens with one attached hydrogen (secondary N) is 1. The number of carbonyl (C=O) groups excluding carboxylic acids is 1. The van der Waals surface area contributed by atoms with Gasteiger partial charge >= 0.3 is 0 Å². The molecule has 0 bridgehead atoms. The highest BCUT2D eigenvalue weighted by Crippen LogP contribution is 2.20. The summed E-state index contributed by atoms with van der Waals surface area (Å²) in [6.07, 6.45) is 0. The second-order valence-corrected chi connectivity index (χ2v) is 4.42. The number of benzene rings is 2.